The van der Waals surface area contributed by atoms with Crippen LogP contribution >= 0.6 is 0 Å². The number of para-hydroxylation sites is 1. The second kappa shape index (κ2) is 7.39. The van der Waals surface area contributed by atoms with Crippen molar-refractivity contribution in [3.05, 3.63) is 76.0 Å². The molecule has 3 heteroatoms. The van der Waals surface area contributed by atoms with Gasteiger partial charge in [0, 0.05) is 5.39 Å². The number of carboxylic acid groups (broad SMARTS) is 1. The van der Waals surface area contributed by atoms with Crippen molar-refractivity contribution < 1.29 is 9.90 Å². The number of benzene rings is 2. The number of aromatic carboxylic acids is 1. The van der Waals surface area contributed by atoms with E-state index >= 15 is 0 Å². The summed E-state index contributed by atoms with van der Waals surface area (Å²) in [5.74, 6) is -0.520. The number of rotatable bonds is 2. The van der Waals surface area contributed by atoms with Crippen molar-refractivity contribution in [3.8, 4) is 0 Å². The first-order valence-corrected chi connectivity index (χ1v) is 10.6. The number of aryl methyl sites for hydroxylation is 2. The smallest absolute Gasteiger partial charge is 0.336 e. The molecule has 154 valence electrons. The molecule has 0 fully saturated rings. The van der Waals surface area contributed by atoms with E-state index < -0.39 is 5.97 Å². The lowest BCUT2D eigenvalue weighted by atomic mass is 9.69. The highest BCUT2D eigenvalue weighted by molar-refractivity contribution is 6.06. The highest BCUT2D eigenvalue weighted by Crippen LogP contribution is 2.44. The third-order valence-corrected chi connectivity index (χ3v) is 6.42. The lowest BCUT2D eigenvalue weighted by Crippen LogP contribution is -2.28. The monoisotopic (exact) mass is 399 g/mol. The van der Waals surface area contributed by atoms with Gasteiger partial charge in [0.1, 0.15) is 0 Å². The van der Waals surface area contributed by atoms with Crippen LogP contribution in [0.4, 0.5) is 0 Å². The van der Waals surface area contributed by atoms with Crippen molar-refractivity contribution in [1.82, 2.24) is 4.98 Å². The van der Waals surface area contributed by atoms with Crippen LogP contribution in [-0.2, 0) is 6.42 Å². The Morgan fingerprint density at radius 2 is 1.83 bits per heavy atom. The van der Waals surface area contributed by atoms with E-state index in [9.17, 15) is 9.90 Å². The Labute approximate surface area is 178 Å². The second-order valence-corrected chi connectivity index (χ2v) is 9.64. The maximum Gasteiger partial charge on any atom is 0.336 e. The summed E-state index contributed by atoms with van der Waals surface area (Å²) >= 11 is 0. The third-order valence-electron chi connectivity index (χ3n) is 6.42. The number of allylic oxidation sites excluding steroid dienone is 1. The summed E-state index contributed by atoms with van der Waals surface area (Å²) in [4.78, 5) is 17.3. The summed E-state index contributed by atoms with van der Waals surface area (Å²) in [5.41, 5.74) is 7.71. The van der Waals surface area contributed by atoms with E-state index in [0.29, 0.717) is 11.5 Å². The molecule has 0 radical (unpaired) electrons. The quantitative estimate of drug-likeness (QED) is 0.522. The average Bonchev–Trinajstić information content (AvgIpc) is 2.68. The number of carbonyl (C=O) groups is 1. The van der Waals surface area contributed by atoms with E-state index in [1.54, 1.807) is 0 Å². The number of fused-ring (bicyclic) bond motifs is 2. The van der Waals surface area contributed by atoms with Gasteiger partial charge in [0.05, 0.1) is 16.8 Å². The third kappa shape index (κ3) is 3.65. The number of nitrogens with zero attached hydrogens (tertiary/aromatic N) is 1. The summed E-state index contributed by atoms with van der Waals surface area (Å²) < 4.78 is 0. The van der Waals surface area contributed by atoms with Crippen molar-refractivity contribution in [2.75, 3.05) is 0 Å². The summed E-state index contributed by atoms with van der Waals surface area (Å²) in [6.07, 6.45) is 3.86. The Kier molecular flexibility index (Phi) is 5.01. The van der Waals surface area contributed by atoms with Gasteiger partial charge in [0.15, 0.2) is 0 Å². The molecule has 0 saturated carbocycles. The van der Waals surface area contributed by atoms with Crippen LogP contribution in [0.1, 0.15) is 65.5 Å². The number of carboxylic acids is 1. The van der Waals surface area contributed by atoms with Gasteiger partial charge in [0.2, 0.25) is 0 Å². The highest BCUT2D eigenvalue weighted by atomic mass is 16.4. The van der Waals surface area contributed by atoms with Crippen molar-refractivity contribution in [2.24, 2.45) is 11.3 Å². The van der Waals surface area contributed by atoms with Crippen molar-refractivity contribution in [3.63, 3.8) is 0 Å². The SMILES string of the molecule is Cc1ccc(C)c(/C=C2/C[C@H](C(C)(C)C)Cc3c2nc2ccccc2c3C(=O)O)c1. The van der Waals surface area contributed by atoms with Gasteiger partial charge in [-0.15, -0.1) is 0 Å². The molecule has 0 bridgehead atoms. The molecular weight excluding hydrogens is 370 g/mol. The molecule has 3 aromatic rings. The zero-order valence-corrected chi connectivity index (χ0v) is 18.4. The largest absolute Gasteiger partial charge is 0.478 e. The molecule has 0 spiro atoms. The van der Waals surface area contributed by atoms with Crippen LogP contribution in [0.25, 0.3) is 22.6 Å². The van der Waals surface area contributed by atoms with Gasteiger partial charge < -0.3 is 5.11 Å². The lowest BCUT2D eigenvalue weighted by Gasteiger charge is -2.36. The van der Waals surface area contributed by atoms with E-state index in [-0.39, 0.29) is 5.41 Å². The van der Waals surface area contributed by atoms with Gasteiger partial charge in [-0.3, -0.25) is 0 Å². The molecule has 2 aromatic carbocycles. The van der Waals surface area contributed by atoms with Gasteiger partial charge >= 0.3 is 5.97 Å². The van der Waals surface area contributed by atoms with E-state index in [4.69, 9.17) is 4.98 Å². The van der Waals surface area contributed by atoms with Crippen LogP contribution in [0.15, 0.2) is 42.5 Å². The van der Waals surface area contributed by atoms with Gasteiger partial charge in [-0.25, -0.2) is 9.78 Å². The van der Waals surface area contributed by atoms with Crippen molar-refractivity contribution >= 4 is 28.5 Å². The maximum atomic E-state index is 12.4. The fraction of sp³-hybridized carbons (Fsp3) is 0.333. The van der Waals surface area contributed by atoms with Crippen LogP contribution in [0.3, 0.4) is 0 Å². The Morgan fingerprint density at radius 1 is 1.10 bits per heavy atom. The molecule has 1 N–H and O–H groups in total. The number of pyridine rings is 1. The van der Waals surface area contributed by atoms with Crippen LogP contribution < -0.4 is 0 Å². The van der Waals surface area contributed by atoms with Crippen molar-refractivity contribution in [2.45, 2.75) is 47.5 Å². The van der Waals surface area contributed by atoms with Gasteiger partial charge in [-0.05, 0) is 72.4 Å². The molecule has 0 saturated heterocycles. The van der Waals surface area contributed by atoms with E-state index in [2.05, 4.69) is 58.9 Å². The Hall–Kier alpha value is -2.94. The molecule has 0 unspecified atom stereocenters. The minimum atomic E-state index is -0.870. The fourth-order valence-electron chi connectivity index (χ4n) is 4.48. The topological polar surface area (TPSA) is 50.2 Å². The molecule has 0 aliphatic heterocycles. The van der Waals surface area contributed by atoms with Crippen LogP contribution in [0.5, 0.6) is 0 Å². The number of hydrogen-bond acceptors (Lipinski definition) is 2. The van der Waals surface area contributed by atoms with Gasteiger partial charge in [0.25, 0.3) is 0 Å². The summed E-state index contributed by atoms with van der Waals surface area (Å²) in [7, 11) is 0. The summed E-state index contributed by atoms with van der Waals surface area (Å²) in [5, 5.41) is 10.9. The average molecular weight is 400 g/mol. The normalized spacial score (nSPS) is 17.9. The first-order valence-electron chi connectivity index (χ1n) is 10.6. The molecule has 30 heavy (non-hydrogen) atoms. The molecule has 1 atom stereocenters. The fourth-order valence-corrected chi connectivity index (χ4v) is 4.48. The molecule has 0 amide bonds. The maximum absolute atomic E-state index is 12.4. The Morgan fingerprint density at radius 3 is 2.53 bits per heavy atom. The standard InChI is InChI=1S/C27H29NO2/c1-16-10-11-17(2)18(12-16)13-19-14-20(27(3,4)5)15-22-24(26(29)30)21-8-6-7-9-23(21)28-25(19)22/h6-13,20H,14-15H2,1-5H3,(H,29,30)/b19-13-/t20-/m0/s1. The van der Waals surface area contributed by atoms with Crippen LogP contribution in [0, 0.1) is 25.2 Å². The predicted molar refractivity (Wildman–Crippen MR) is 124 cm³/mol. The second-order valence-electron chi connectivity index (χ2n) is 9.64. The van der Waals surface area contributed by atoms with E-state index in [1.165, 1.54) is 16.7 Å². The van der Waals surface area contributed by atoms with Crippen LogP contribution in [0.2, 0.25) is 0 Å². The summed E-state index contributed by atoms with van der Waals surface area (Å²) in [6, 6.07) is 14.1. The van der Waals surface area contributed by atoms with Crippen molar-refractivity contribution in [1.29, 1.82) is 0 Å². The molecule has 4 rings (SSSR count). The minimum Gasteiger partial charge on any atom is -0.478 e. The van der Waals surface area contributed by atoms with Gasteiger partial charge in [-0.2, -0.15) is 0 Å². The molecule has 1 aliphatic rings. The van der Waals surface area contributed by atoms with E-state index in [1.807, 2.05) is 24.3 Å². The first-order chi connectivity index (χ1) is 14.1. The lowest BCUT2D eigenvalue weighted by molar-refractivity contribution is 0.0696. The van der Waals surface area contributed by atoms with Crippen LogP contribution in [-0.4, -0.2) is 16.1 Å². The Balaban J connectivity index is 2.03. The van der Waals surface area contributed by atoms with Gasteiger partial charge in [-0.1, -0.05) is 62.7 Å². The number of aromatic nitrogens is 1. The zero-order chi connectivity index (χ0) is 21.6. The molecule has 1 aromatic heterocycles. The molecule has 1 heterocycles. The first kappa shape index (κ1) is 20.3. The number of hydrogen-bond donors (Lipinski definition) is 1. The molecule has 3 nitrogen and oxygen atoms in total. The molecule has 1 aliphatic carbocycles. The summed E-state index contributed by atoms with van der Waals surface area (Å²) in [6.45, 7) is 10.9. The van der Waals surface area contributed by atoms with E-state index in [0.717, 1.165) is 40.6 Å². The zero-order valence-electron chi connectivity index (χ0n) is 18.4. The molecular formula is C27H29NO2. The highest BCUT2D eigenvalue weighted by Gasteiger charge is 2.35. The Bertz CT molecular complexity index is 1180. The minimum absolute atomic E-state index is 0.0693. The predicted octanol–water partition coefficient (Wildman–Crippen LogP) is 6.70.